The zero-order valence-corrected chi connectivity index (χ0v) is 15.2. The van der Waals surface area contributed by atoms with Gasteiger partial charge in [-0.05, 0) is 0 Å². The van der Waals surface area contributed by atoms with E-state index in [4.69, 9.17) is 22.1 Å². The number of rotatable bonds is 3. The second-order valence-corrected chi connectivity index (χ2v) is 4.48. The molecule has 7 heteroatoms. The Kier molecular flexibility index (Phi) is 6.58. The summed E-state index contributed by atoms with van der Waals surface area (Å²) < 4.78 is 4.72. The molecule has 0 amide bonds. The van der Waals surface area contributed by atoms with E-state index in [1.165, 1.54) is 13.3 Å². The Morgan fingerprint density at radius 1 is 1.52 bits per heavy atom. The van der Waals surface area contributed by atoms with Crippen molar-refractivity contribution >= 4 is 34.8 Å². The van der Waals surface area contributed by atoms with Crippen molar-refractivity contribution in [3.63, 3.8) is 0 Å². The third-order valence-corrected chi connectivity index (χ3v) is 3.16. The molecule has 2 aromatic rings. The predicted octanol–water partition coefficient (Wildman–Crippen LogP) is 2.95. The molecule has 1 aromatic carbocycles. The second-order valence-electron chi connectivity index (χ2n) is 4.10. The van der Waals surface area contributed by atoms with Gasteiger partial charge in [-0.1, -0.05) is 24.2 Å². The van der Waals surface area contributed by atoms with Gasteiger partial charge in [0.1, 0.15) is 16.4 Å². The van der Waals surface area contributed by atoms with Crippen molar-refractivity contribution < 1.29 is 42.2 Å². The Morgan fingerprint density at radius 2 is 2.24 bits per heavy atom. The number of hydrogen-bond acceptors (Lipinski definition) is 5. The average Bonchev–Trinajstić information content (AvgIpc) is 2.45. The van der Waals surface area contributed by atoms with E-state index in [9.17, 15) is 4.79 Å². The van der Waals surface area contributed by atoms with Crippen molar-refractivity contribution in [1.82, 2.24) is 4.98 Å². The van der Waals surface area contributed by atoms with E-state index in [0.717, 1.165) is 11.3 Å². The molecule has 1 heterocycles. The molecule has 0 saturated heterocycles. The Hall–Kier alpha value is -1.17. The number of nitrogens with zero attached hydrogens (tertiary/aromatic N) is 1. The summed E-state index contributed by atoms with van der Waals surface area (Å²) in [6.07, 6.45) is 1.33. The van der Waals surface area contributed by atoms with Crippen molar-refractivity contribution in [3.8, 4) is 0 Å². The van der Waals surface area contributed by atoms with E-state index in [2.05, 4.69) is 16.4 Å². The van der Waals surface area contributed by atoms with Crippen LogP contribution < -0.4 is 11.1 Å². The number of pyridine rings is 1. The minimum Gasteiger partial charge on any atom is -0.465 e. The van der Waals surface area contributed by atoms with Gasteiger partial charge in [0.25, 0.3) is 0 Å². The van der Waals surface area contributed by atoms with E-state index in [1.54, 1.807) is 6.07 Å². The molecule has 1 radical (unpaired) electrons. The summed E-state index contributed by atoms with van der Waals surface area (Å²) in [5.74, 6) is -0.399. The number of benzene rings is 1. The second kappa shape index (κ2) is 7.73. The van der Waals surface area contributed by atoms with Crippen molar-refractivity contribution in [1.29, 1.82) is 0 Å². The summed E-state index contributed by atoms with van der Waals surface area (Å²) in [4.78, 5) is 15.6. The number of halogens is 1. The van der Waals surface area contributed by atoms with Crippen LogP contribution in [0.15, 0.2) is 24.4 Å². The summed E-state index contributed by atoms with van der Waals surface area (Å²) in [5.41, 5.74) is 8.02. The number of hydrogen-bond donors (Lipinski definition) is 2. The number of methoxy groups -OCH3 is 1. The van der Waals surface area contributed by atoms with Gasteiger partial charge < -0.3 is 15.8 Å². The van der Waals surface area contributed by atoms with Crippen molar-refractivity contribution in [2.24, 2.45) is 0 Å². The fourth-order valence-electron chi connectivity index (χ4n) is 1.68. The molecule has 0 spiro atoms. The Balaban J connectivity index is 0.00000220. The average molecular weight is 380 g/mol. The first-order valence-electron chi connectivity index (χ1n) is 5.80. The largest absolute Gasteiger partial charge is 0.465 e. The number of carbonyl (C=O) groups excluding carboxylic acids is 1. The molecule has 0 saturated carbocycles. The van der Waals surface area contributed by atoms with Crippen LogP contribution in [0.2, 0.25) is 5.02 Å². The quantitative estimate of drug-likeness (QED) is 0.633. The number of aryl methyl sites for hydroxylation is 1. The van der Waals surface area contributed by atoms with E-state index < -0.39 is 5.97 Å². The summed E-state index contributed by atoms with van der Waals surface area (Å²) in [7, 11) is 1.29. The van der Waals surface area contributed by atoms with Crippen LogP contribution in [0, 0.1) is 13.0 Å². The molecule has 21 heavy (non-hydrogen) atoms. The standard InChI is InChI=1S/C14H13ClN3O2.Y/c1-8-5-3-4-6-10(8)18-12-9(14(19)20-2)7-17-13(16)11(12)15;/h4-7H,1-2H3,(H3,16,17,18);/q-1;. The zero-order chi connectivity index (χ0) is 14.7. The van der Waals surface area contributed by atoms with E-state index in [-0.39, 0.29) is 49.1 Å². The molecule has 1 aromatic heterocycles. The van der Waals surface area contributed by atoms with Crippen LogP contribution in [0.3, 0.4) is 0 Å². The number of esters is 1. The zero-order valence-electron chi connectivity index (χ0n) is 11.6. The SMILES string of the molecule is COC(=O)c1cnc(N)c(Cl)c1Nc1cc[c-]cc1C.[Y]. The number of nitrogens with one attached hydrogen (secondary N) is 1. The Bertz CT molecular complexity index is 665. The number of ether oxygens (including phenoxy) is 1. The molecule has 0 aliphatic rings. The van der Waals surface area contributed by atoms with Crippen LogP contribution in [0.1, 0.15) is 15.9 Å². The van der Waals surface area contributed by atoms with E-state index in [1.807, 2.05) is 19.1 Å². The van der Waals surface area contributed by atoms with Crippen LogP contribution in [-0.4, -0.2) is 18.1 Å². The van der Waals surface area contributed by atoms with Crippen molar-refractivity contribution in [2.45, 2.75) is 6.92 Å². The van der Waals surface area contributed by atoms with Crippen LogP contribution in [0.4, 0.5) is 17.2 Å². The monoisotopic (exact) mass is 379 g/mol. The molecular weight excluding hydrogens is 367 g/mol. The molecular formula is C14H13ClN3O2Y-. The minimum atomic E-state index is -0.540. The van der Waals surface area contributed by atoms with Crippen molar-refractivity contribution in [3.05, 3.63) is 46.6 Å². The maximum Gasteiger partial charge on any atom is 0.341 e. The summed E-state index contributed by atoms with van der Waals surface area (Å²) in [5, 5.41) is 3.27. The van der Waals surface area contributed by atoms with Gasteiger partial charge in [0, 0.05) is 38.9 Å². The van der Waals surface area contributed by atoms with Crippen LogP contribution in [0.25, 0.3) is 0 Å². The van der Waals surface area contributed by atoms with Crippen LogP contribution in [-0.2, 0) is 37.4 Å². The number of nitrogens with two attached hydrogens (primary N) is 1. The van der Waals surface area contributed by atoms with Crippen LogP contribution >= 0.6 is 11.6 Å². The Morgan fingerprint density at radius 3 is 2.86 bits per heavy atom. The first-order chi connectivity index (χ1) is 9.54. The fraction of sp³-hybridized carbons (Fsp3) is 0.143. The molecule has 0 unspecified atom stereocenters. The smallest absolute Gasteiger partial charge is 0.341 e. The maximum atomic E-state index is 11.8. The third kappa shape index (κ3) is 3.93. The molecule has 0 aliphatic carbocycles. The first kappa shape index (κ1) is 17.9. The molecule has 107 valence electrons. The molecule has 0 aliphatic heterocycles. The van der Waals surface area contributed by atoms with E-state index in [0.29, 0.717) is 5.69 Å². The Labute approximate surface area is 153 Å². The number of anilines is 3. The van der Waals surface area contributed by atoms with Crippen molar-refractivity contribution in [2.75, 3.05) is 18.2 Å². The minimum absolute atomic E-state index is 0. The number of carbonyl (C=O) groups is 1. The molecule has 3 N–H and O–H groups in total. The summed E-state index contributed by atoms with van der Waals surface area (Å²) >= 11 is 6.14. The summed E-state index contributed by atoms with van der Waals surface area (Å²) in [6, 6.07) is 8.36. The first-order valence-corrected chi connectivity index (χ1v) is 6.18. The van der Waals surface area contributed by atoms with Gasteiger partial charge in [0.15, 0.2) is 0 Å². The van der Waals surface area contributed by atoms with Crippen LogP contribution in [0.5, 0.6) is 0 Å². The predicted molar refractivity (Wildman–Crippen MR) is 78.3 cm³/mol. The summed E-state index contributed by atoms with van der Waals surface area (Å²) in [6.45, 7) is 1.91. The normalized spacial score (nSPS) is 9.67. The van der Waals surface area contributed by atoms with Gasteiger partial charge in [-0.25, -0.2) is 9.78 Å². The molecule has 0 fully saturated rings. The van der Waals surface area contributed by atoms with Gasteiger partial charge in [0.05, 0.1) is 12.8 Å². The molecule has 0 atom stereocenters. The molecule has 5 nitrogen and oxygen atoms in total. The van der Waals surface area contributed by atoms with Gasteiger partial charge in [-0.3, -0.25) is 0 Å². The van der Waals surface area contributed by atoms with Gasteiger partial charge in [0.2, 0.25) is 0 Å². The molecule has 2 rings (SSSR count). The van der Waals surface area contributed by atoms with Gasteiger partial charge in [-0.15, -0.1) is 11.6 Å². The van der Waals surface area contributed by atoms with Gasteiger partial charge >= 0.3 is 5.97 Å². The van der Waals surface area contributed by atoms with Gasteiger partial charge in [-0.2, -0.15) is 18.2 Å². The molecule has 0 bridgehead atoms. The fourth-order valence-corrected chi connectivity index (χ4v) is 1.88. The topological polar surface area (TPSA) is 77.2 Å². The maximum absolute atomic E-state index is 11.8. The van der Waals surface area contributed by atoms with E-state index >= 15 is 0 Å². The third-order valence-electron chi connectivity index (χ3n) is 2.78. The number of aromatic nitrogens is 1. The number of nitrogen functional groups attached to an aromatic ring is 1.